The number of aliphatic hydroxyl groups is 1. The molecular formula is C11H14ClNO. The number of aliphatic hydroxyl groups excluding tert-OH is 1. The van der Waals surface area contributed by atoms with Crippen LogP contribution in [0.2, 0.25) is 5.15 Å². The quantitative estimate of drug-likeness (QED) is 0.763. The van der Waals surface area contributed by atoms with Crippen molar-refractivity contribution in [1.29, 1.82) is 0 Å². The predicted octanol–water partition coefficient (Wildman–Crippen LogP) is 2.40. The van der Waals surface area contributed by atoms with Gasteiger partial charge in [0.2, 0.25) is 0 Å². The van der Waals surface area contributed by atoms with Gasteiger partial charge in [-0.2, -0.15) is 0 Å². The number of hydrogen-bond acceptors (Lipinski definition) is 2. The Morgan fingerprint density at radius 3 is 2.57 bits per heavy atom. The summed E-state index contributed by atoms with van der Waals surface area (Å²) in [4.78, 5) is 4.28. The Labute approximate surface area is 88.9 Å². The minimum atomic E-state index is -0.169. The Morgan fingerprint density at radius 1 is 1.50 bits per heavy atom. The van der Waals surface area contributed by atoms with E-state index >= 15 is 0 Å². The van der Waals surface area contributed by atoms with Crippen LogP contribution in [0.15, 0.2) is 18.2 Å². The van der Waals surface area contributed by atoms with Crippen LogP contribution in [0.1, 0.15) is 26.0 Å². The molecule has 0 saturated heterocycles. The van der Waals surface area contributed by atoms with E-state index in [9.17, 15) is 5.11 Å². The van der Waals surface area contributed by atoms with E-state index in [0.717, 1.165) is 12.1 Å². The third kappa shape index (κ3) is 1.25. The molecule has 1 atom stereocenters. The highest BCUT2D eigenvalue weighted by Crippen LogP contribution is 2.63. The summed E-state index contributed by atoms with van der Waals surface area (Å²) < 4.78 is 0. The average Bonchev–Trinajstić information content (AvgIpc) is 2.70. The second kappa shape index (κ2) is 2.94. The lowest BCUT2D eigenvalue weighted by Gasteiger charge is -2.17. The van der Waals surface area contributed by atoms with Gasteiger partial charge in [0.1, 0.15) is 5.15 Å². The van der Waals surface area contributed by atoms with Crippen LogP contribution in [0, 0.1) is 5.41 Å². The largest absolute Gasteiger partial charge is 0.395 e. The molecule has 14 heavy (non-hydrogen) atoms. The van der Waals surface area contributed by atoms with Gasteiger partial charge in [-0.3, -0.25) is 0 Å². The predicted molar refractivity (Wildman–Crippen MR) is 56.4 cm³/mol. The topological polar surface area (TPSA) is 33.1 Å². The van der Waals surface area contributed by atoms with Crippen molar-refractivity contribution in [2.45, 2.75) is 25.7 Å². The van der Waals surface area contributed by atoms with Crippen LogP contribution in [-0.4, -0.2) is 16.7 Å². The smallest absolute Gasteiger partial charge is 0.129 e. The maximum absolute atomic E-state index is 9.45. The summed E-state index contributed by atoms with van der Waals surface area (Å²) in [7, 11) is 0. The molecule has 0 aromatic carbocycles. The van der Waals surface area contributed by atoms with Crippen LogP contribution in [0.5, 0.6) is 0 Å². The first-order chi connectivity index (χ1) is 6.52. The van der Waals surface area contributed by atoms with Crippen LogP contribution in [0.4, 0.5) is 0 Å². The molecule has 1 aromatic heterocycles. The Balaban J connectivity index is 2.40. The molecule has 1 fully saturated rings. The van der Waals surface area contributed by atoms with E-state index in [0.29, 0.717) is 5.15 Å². The third-order valence-electron chi connectivity index (χ3n) is 3.39. The fourth-order valence-corrected chi connectivity index (χ4v) is 2.34. The number of pyridine rings is 1. The fraction of sp³-hybridized carbons (Fsp3) is 0.545. The second-order valence-electron chi connectivity index (χ2n) is 4.65. The highest BCUT2D eigenvalue weighted by atomic mass is 35.5. The van der Waals surface area contributed by atoms with E-state index in [1.54, 1.807) is 6.07 Å². The van der Waals surface area contributed by atoms with Gasteiger partial charge in [-0.15, -0.1) is 0 Å². The summed E-state index contributed by atoms with van der Waals surface area (Å²) in [5, 5.41) is 9.95. The first-order valence-corrected chi connectivity index (χ1v) is 5.14. The Bertz CT molecular complexity index is 364. The Kier molecular flexibility index (Phi) is 2.09. The minimum Gasteiger partial charge on any atom is -0.395 e. The van der Waals surface area contributed by atoms with Gasteiger partial charge in [-0.25, -0.2) is 4.98 Å². The van der Waals surface area contributed by atoms with Crippen molar-refractivity contribution in [2.24, 2.45) is 5.41 Å². The Morgan fingerprint density at radius 2 is 2.14 bits per heavy atom. The lowest BCUT2D eigenvalue weighted by molar-refractivity contribution is 0.228. The maximum Gasteiger partial charge on any atom is 0.129 e. The van der Waals surface area contributed by atoms with Gasteiger partial charge in [0.05, 0.1) is 12.3 Å². The molecule has 1 saturated carbocycles. The van der Waals surface area contributed by atoms with Gasteiger partial charge in [-0.1, -0.05) is 31.5 Å². The van der Waals surface area contributed by atoms with E-state index in [1.807, 2.05) is 12.1 Å². The lowest BCUT2D eigenvalue weighted by atomic mass is 9.93. The van der Waals surface area contributed by atoms with Gasteiger partial charge < -0.3 is 5.11 Å². The van der Waals surface area contributed by atoms with Crippen molar-refractivity contribution in [2.75, 3.05) is 6.61 Å². The highest BCUT2D eigenvalue weighted by Gasteiger charge is 2.62. The van der Waals surface area contributed by atoms with E-state index in [1.165, 1.54) is 0 Å². The van der Waals surface area contributed by atoms with Gasteiger partial charge in [0.25, 0.3) is 0 Å². The zero-order valence-corrected chi connectivity index (χ0v) is 9.17. The molecule has 0 amide bonds. The van der Waals surface area contributed by atoms with Crippen LogP contribution in [0.25, 0.3) is 0 Å². The summed E-state index contributed by atoms with van der Waals surface area (Å²) in [6, 6.07) is 5.58. The van der Waals surface area contributed by atoms with Crippen molar-refractivity contribution in [3.8, 4) is 0 Å². The molecule has 3 heteroatoms. The van der Waals surface area contributed by atoms with Crippen LogP contribution in [-0.2, 0) is 5.41 Å². The molecule has 1 heterocycles. The molecule has 0 aliphatic heterocycles. The molecular weight excluding hydrogens is 198 g/mol. The molecule has 1 aliphatic rings. The molecule has 1 aromatic rings. The Hall–Kier alpha value is -0.600. The van der Waals surface area contributed by atoms with E-state index in [-0.39, 0.29) is 17.4 Å². The standard InChI is InChI=1S/C11H14ClNO/c1-10(2)6-11(10,7-14)8-4-3-5-9(12)13-8/h3-5,14H,6-7H2,1-2H3. The van der Waals surface area contributed by atoms with Crippen molar-refractivity contribution < 1.29 is 5.11 Å². The number of rotatable bonds is 2. The molecule has 0 spiro atoms. The molecule has 0 bridgehead atoms. The number of aromatic nitrogens is 1. The second-order valence-corrected chi connectivity index (χ2v) is 5.03. The van der Waals surface area contributed by atoms with E-state index in [4.69, 9.17) is 11.6 Å². The van der Waals surface area contributed by atoms with Crippen LogP contribution < -0.4 is 0 Å². The maximum atomic E-state index is 9.45. The summed E-state index contributed by atoms with van der Waals surface area (Å²) in [5.41, 5.74) is 0.884. The average molecular weight is 212 g/mol. The van der Waals surface area contributed by atoms with Crippen molar-refractivity contribution >= 4 is 11.6 Å². The van der Waals surface area contributed by atoms with Gasteiger partial charge in [-0.05, 0) is 24.0 Å². The zero-order chi connectivity index (χ0) is 10.4. The molecule has 1 N–H and O–H groups in total. The molecule has 2 rings (SSSR count). The van der Waals surface area contributed by atoms with Crippen molar-refractivity contribution in [3.63, 3.8) is 0 Å². The third-order valence-corrected chi connectivity index (χ3v) is 3.60. The first kappa shape index (κ1) is 9.94. The molecule has 2 nitrogen and oxygen atoms in total. The molecule has 76 valence electrons. The normalized spacial score (nSPS) is 28.9. The summed E-state index contributed by atoms with van der Waals surface area (Å²) in [6.07, 6.45) is 0.976. The summed E-state index contributed by atoms with van der Waals surface area (Å²) >= 11 is 5.84. The van der Waals surface area contributed by atoms with E-state index < -0.39 is 0 Å². The van der Waals surface area contributed by atoms with Crippen molar-refractivity contribution in [1.82, 2.24) is 4.98 Å². The fourth-order valence-electron chi connectivity index (χ4n) is 2.17. The highest BCUT2D eigenvalue weighted by molar-refractivity contribution is 6.29. The van der Waals surface area contributed by atoms with Crippen molar-refractivity contribution in [3.05, 3.63) is 29.0 Å². The first-order valence-electron chi connectivity index (χ1n) is 4.76. The number of nitrogens with zero attached hydrogens (tertiary/aromatic N) is 1. The van der Waals surface area contributed by atoms with Gasteiger partial charge >= 0.3 is 0 Å². The summed E-state index contributed by atoms with van der Waals surface area (Å²) in [6.45, 7) is 4.44. The van der Waals surface area contributed by atoms with Crippen LogP contribution in [0.3, 0.4) is 0 Å². The molecule has 1 unspecified atom stereocenters. The van der Waals surface area contributed by atoms with Crippen LogP contribution >= 0.6 is 11.6 Å². The molecule has 0 radical (unpaired) electrons. The monoisotopic (exact) mass is 211 g/mol. The number of halogens is 1. The SMILES string of the molecule is CC1(C)CC1(CO)c1cccc(Cl)n1. The minimum absolute atomic E-state index is 0.138. The molecule has 1 aliphatic carbocycles. The van der Waals surface area contributed by atoms with Gasteiger partial charge in [0.15, 0.2) is 0 Å². The van der Waals surface area contributed by atoms with Gasteiger partial charge in [0, 0.05) is 5.41 Å². The number of hydrogen-bond donors (Lipinski definition) is 1. The summed E-state index contributed by atoms with van der Waals surface area (Å²) in [5.74, 6) is 0. The van der Waals surface area contributed by atoms with E-state index in [2.05, 4.69) is 18.8 Å². The lowest BCUT2D eigenvalue weighted by Crippen LogP contribution is -2.20. The zero-order valence-electron chi connectivity index (χ0n) is 8.42.